The van der Waals surface area contributed by atoms with Gasteiger partial charge in [-0.1, -0.05) is 11.3 Å². The first kappa shape index (κ1) is 16.7. The number of methoxy groups -OCH3 is 1. The Bertz CT molecular complexity index is 677. The summed E-state index contributed by atoms with van der Waals surface area (Å²) in [5.74, 6) is 0.873. The van der Waals surface area contributed by atoms with Gasteiger partial charge in [-0.3, -0.25) is 9.58 Å². The largest absolute Gasteiger partial charge is 0.496 e. The highest BCUT2D eigenvalue weighted by Gasteiger charge is 2.11. The predicted molar refractivity (Wildman–Crippen MR) is 93.2 cm³/mol. The lowest BCUT2D eigenvalue weighted by atomic mass is 10.1. The molecule has 0 amide bonds. The van der Waals surface area contributed by atoms with Crippen molar-refractivity contribution in [1.82, 2.24) is 19.9 Å². The van der Waals surface area contributed by atoms with E-state index in [1.54, 1.807) is 7.11 Å². The van der Waals surface area contributed by atoms with Gasteiger partial charge >= 0.3 is 0 Å². The molecule has 24 heavy (non-hydrogen) atoms. The molecule has 6 nitrogen and oxygen atoms in total. The number of rotatable bonds is 7. The smallest absolute Gasteiger partial charge is 0.122 e. The predicted octanol–water partition coefficient (Wildman–Crippen LogP) is 2.01. The maximum Gasteiger partial charge on any atom is 0.122 e. The van der Waals surface area contributed by atoms with Crippen LogP contribution in [0.25, 0.3) is 11.3 Å². The molecule has 1 aliphatic rings. The van der Waals surface area contributed by atoms with Gasteiger partial charge in [-0.2, -0.15) is 0 Å². The van der Waals surface area contributed by atoms with Crippen molar-refractivity contribution in [3.05, 3.63) is 42.6 Å². The van der Waals surface area contributed by atoms with Gasteiger partial charge in [0.1, 0.15) is 11.4 Å². The van der Waals surface area contributed by atoms with Gasteiger partial charge in [0.2, 0.25) is 0 Å². The molecule has 0 unspecified atom stereocenters. The lowest BCUT2D eigenvalue weighted by molar-refractivity contribution is 0.0359. The zero-order valence-electron chi connectivity index (χ0n) is 14.1. The van der Waals surface area contributed by atoms with E-state index in [0.717, 1.165) is 68.4 Å². The van der Waals surface area contributed by atoms with Crippen molar-refractivity contribution in [1.29, 1.82) is 0 Å². The van der Waals surface area contributed by atoms with Gasteiger partial charge in [0.25, 0.3) is 0 Å². The molecule has 1 aliphatic heterocycles. The third kappa shape index (κ3) is 4.01. The Morgan fingerprint density at radius 1 is 1.29 bits per heavy atom. The molecular weight excluding hydrogens is 304 g/mol. The molecule has 0 radical (unpaired) electrons. The standard InChI is InChI=1S/C18H24N4O2/c1-3-4-16-13-15(5-6-18(16)23-2)17-14-22(20-19-17)8-7-21-9-11-24-12-10-21/h3,5-6,13-14H,1,4,7-12H2,2H3. The Kier molecular flexibility index (Phi) is 5.61. The highest BCUT2D eigenvalue weighted by molar-refractivity contribution is 5.61. The summed E-state index contributed by atoms with van der Waals surface area (Å²) in [6.45, 7) is 9.23. The number of benzene rings is 1. The molecule has 0 saturated carbocycles. The summed E-state index contributed by atoms with van der Waals surface area (Å²) in [7, 11) is 1.68. The number of ether oxygens (including phenoxy) is 2. The van der Waals surface area contributed by atoms with E-state index in [9.17, 15) is 0 Å². The Morgan fingerprint density at radius 2 is 2.12 bits per heavy atom. The molecule has 1 fully saturated rings. The Hall–Kier alpha value is -2.18. The number of allylic oxidation sites excluding steroid dienone is 1. The van der Waals surface area contributed by atoms with Crippen LogP contribution in [0, 0.1) is 0 Å². The molecule has 1 aromatic heterocycles. The van der Waals surface area contributed by atoms with Crippen LogP contribution in [-0.2, 0) is 17.7 Å². The summed E-state index contributed by atoms with van der Waals surface area (Å²) >= 11 is 0. The van der Waals surface area contributed by atoms with E-state index in [4.69, 9.17) is 9.47 Å². The third-order valence-electron chi connectivity index (χ3n) is 4.23. The van der Waals surface area contributed by atoms with Gasteiger partial charge in [-0.05, 0) is 30.2 Å². The maximum absolute atomic E-state index is 5.39. The molecule has 2 heterocycles. The van der Waals surface area contributed by atoms with Crippen LogP contribution < -0.4 is 4.74 Å². The van der Waals surface area contributed by atoms with Crippen LogP contribution in [0.5, 0.6) is 5.75 Å². The van der Waals surface area contributed by atoms with Gasteiger partial charge in [-0.15, -0.1) is 11.7 Å². The van der Waals surface area contributed by atoms with Crippen molar-refractivity contribution in [2.75, 3.05) is 40.0 Å². The fourth-order valence-electron chi connectivity index (χ4n) is 2.86. The highest BCUT2D eigenvalue weighted by atomic mass is 16.5. The van der Waals surface area contributed by atoms with Gasteiger partial charge in [0, 0.05) is 25.2 Å². The first-order valence-electron chi connectivity index (χ1n) is 8.28. The molecule has 0 atom stereocenters. The summed E-state index contributed by atoms with van der Waals surface area (Å²) in [5, 5.41) is 8.56. The number of hydrogen-bond donors (Lipinski definition) is 0. The van der Waals surface area contributed by atoms with Gasteiger partial charge in [0.15, 0.2) is 0 Å². The van der Waals surface area contributed by atoms with Crippen molar-refractivity contribution in [3.63, 3.8) is 0 Å². The van der Waals surface area contributed by atoms with Crippen molar-refractivity contribution in [2.45, 2.75) is 13.0 Å². The second-order valence-corrected chi connectivity index (χ2v) is 5.84. The maximum atomic E-state index is 5.39. The first-order chi connectivity index (χ1) is 11.8. The van der Waals surface area contributed by atoms with Crippen LogP contribution in [0.15, 0.2) is 37.1 Å². The fourth-order valence-corrected chi connectivity index (χ4v) is 2.86. The van der Waals surface area contributed by atoms with Crippen LogP contribution in [0.2, 0.25) is 0 Å². The minimum atomic E-state index is 0.766. The summed E-state index contributed by atoms with van der Waals surface area (Å²) in [4.78, 5) is 2.39. The van der Waals surface area contributed by atoms with Crippen molar-refractivity contribution in [2.24, 2.45) is 0 Å². The SMILES string of the molecule is C=CCc1cc(-c2cn(CCN3CCOCC3)nn2)ccc1OC. The van der Waals surface area contributed by atoms with Crippen LogP contribution in [-0.4, -0.2) is 59.9 Å². The van der Waals surface area contributed by atoms with E-state index in [1.807, 2.05) is 29.1 Å². The second kappa shape index (κ2) is 8.08. The summed E-state index contributed by atoms with van der Waals surface area (Å²) in [5.41, 5.74) is 3.03. The molecule has 128 valence electrons. The average Bonchev–Trinajstić information content (AvgIpc) is 3.10. The quantitative estimate of drug-likeness (QED) is 0.728. The second-order valence-electron chi connectivity index (χ2n) is 5.84. The molecule has 3 rings (SSSR count). The number of nitrogens with zero attached hydrogens (tertiary/aromatic N) is 4. The van der Waals surface area contributed by atoms with Gasteiger partial charge in [-0.25, -0.2) is 0 Å². The summed E-state index contributed by atoms with van der Waals surface area (Å²) in [6, 6.07) is 6.08. The zero-order chi connectivity index (χ0) is 16.8. The highest BCUT2D eigenvalue weighted by Crippen LogP contribution is 2.26. The van der Waals surface area contributed by atoms with E-state index in [2.05, 4.69) is 27.9 Å². The molecule has 0 N–H and O–H groups in total. The van der Waals surface area contributed by atoms with Crippen molar-refractivity contribution >= 4 is 0 Å². The van der Waals surface area contributed by atoms with Crippen molar-refractivity contribution < 1.29 is 9.47 Å². The molecule has 1 aromatic carbocycles. The normalized spacial score (nSPS) is 15.4. The van der Waals surface area contributed by atoms with Crippen LogP contribution in [0.1, 0.15) is 5.56 Å². The minimum Gasteiger partial charge on any atom is -0.496 e. The van der Waals surface area contributed by atoms with Gasteiger partial charge in [0.05, 0.1) is 33.1 Å². The van der Waals surface area contributed by atoms with E-state index < -0.39 is 0 Å². The Labute approximate surface area is 142 Å². The van der Waals surface area contributed by atoms with Gasteiger partial charge < -0.3 is 9.47 Å². The number of hydrogen-bond acceptors (Lipinski definition) is 5. The number of morpholine rings is 1. The van der Waals surface area contributed by atoms with Crippen molar-refractivity contribution in [3.8, 4) is 17.0 Å². The molecule has 1 saturated heterocycles. The lowest BCUT2D eigenvalue weighted by Crippen LogP contribution is -2.38. The zero-order valence-corrected chi connectivity index (χ0v) is 14.1. The topological polar surface area (TPSA) is 52.4 Å². The van der Waals surface area contributed by atoms with E-state index in [1.165, 1.54) is 0 Å². The molecule has 0 bridgehead atoms. The monoisotopic (exact) mass is 328 g/mol. The first-order valence-corrected chi connectivity index (χ1v) is 8.28. The van der Waals surface area contributed by atoms with E-state index >= 15 is 0 Å². The average molecular weight is 328 g/mol. The summed E-state index contributed by atoms with van der Waals surface area (Å²) < 4.78 is 12.7. The summed E-state index contributed by atoms with van der Waals surface area (Å²) in [6.07, 6.45) is 4.64. The molecular formula is C18H24N4O2. The van der Waals surface area contributed by atoms with E-state index in [-0.39, 0.29) is 0 Å². The number of aromatic nitrogens is 3. The molecule has 0 spiro atoms. The lowest BCUT2D eigenvalue weighted by Gasteiger charge is -2.26. The van der Waals surface area contributed by atoms with Crippen LogP contribution in [0.3, 0.4) is 0 Å². The van der Waals surface area contributed by atoms with E-state index in [0.29, 0.717) is 0 Å². The Morgan fingerprint density at radius 3 is 2.88 bits per heavy atom. The molecule has 6 heteroatoms. The molecule has 2 aromatic rings. The van der Waals surface area contributed by atoms with Crippen LogP contribution >= 0.6 is 0 Å². The minimum absolute atomic E-state index is 0.766. The molecule has 0 aliphatic carbocycles. The fraction of sp³-hybridized carbons (Fsp3) is 0.444. The van der Waals surface area contributed by atoms with Crippen LogP contribution in [0.4, 0.5) is 0 Å². The Balaban J connectivity index is 1.68. The third-order valence-corrected chi connectivity index (χ3v) is 4.23.